The van der Waals surface area contributed by atoms with Crippen molar-refractivity contribution in [3.05, 3.63) is 0 Å². The molecule has 0 aromatic rings. The SMILES string of the molecule is CC(C)NC(CN1CC2CCC(C1)O2)C(N)=O. The fourth-order valence-electron chi connectivity index (χ4n) is 2.73. The van der Waals surface area contributed by atoms with Crippen LogP contribution in [0.2, 0.25) is 0 Å². The molecule has 0 radical (unpaired) electrons. The number of carbonyl (C=O) groups is 1. The smallest absolute Gasteiger partial charge is 0.235 e. The first-order valence-electron chi connectivity index (χ1n) is 6.47. The molecule has 5 nitrogen and oxygen atoms in total. The molecule has 3 unspecified atom stereocenters. The topological polar surface area (TPSA) is 67.6 Å². The van der Waals surface area contributed by atoms with Crippen LogP contribution in [0.5, 0.6) is 0 Å². The van der Waals surface area contributed by atoms with Gasteiger partial charge in [0.2, 0.25) is 5.91 Å². The molecule has 2 bridgehead atoms. The van der Waals surface area contributed by atoms with Gasteiger partial charge in [-0.3, -0.25) is 9.69 Å². The van der Waals surface area contributed by atoms with E-state index in [1.165, 1.54) is 0 Å². The molecule has 98 valence electrons. The zero-order valence-electron chi connectivity index (χ0n) is 10.7. The molecule has 2 fully saturated rings. The summed E-state index contributed by atoms with van der Waals surface area (Å²) in [5.74, 6) is -0.266. The van der Waals surface area contributed by atoms with Crippen molar-refractivity contribution in [3.63, 3.8) is 0 Å². The number of carbonyl (C=O) groups excluding carboxylic acids is 1. The minimum atomic E-state index is -0.266. The minimum Gasteiger partial charge on any atom is -0.372 e. The number of ether oxygens (including phenoxy) is 1. The maximum absolute atomic E-state index is 11.4. The lowest BCUT2D eigenvalue weighted by Gasteiger charge is -2.34. The highest BCUT2D eigenvalue weighted by Crippen LogP contribution is 2.26. The van der Waals surface area contributed by atoms with Gasteiger partial charge < -0.3 is 15.8 Å². The molecular formula is C12H23N3O2. The number of nitrogens with two attached hydrogens (primary N) is 1. The molecule has 3 atom stereocenters. The Kier molecular flexibility index (Phi) is 4.01. The Labute approximate surface area is 103 Å². The third kappa shape index (κ3) is 3.40. The highest BCUT2D eigenvalue weighted by molar-refractivity contribution is 5.80. The number of primary amides is 1. The first-order chi connectivity index (χ1) is 8.04. The van der Waals surface area contributed by atoms with E-state index in [4.69, 9.17) is 10.5 Å². The summed E-state index contributed by atoms with van der Waals surface area (Å²) in [6.45, 7) is 6.61. The summed E-state index contributed by atoms with van der Waals surface area (Å²) >= 11 is 0. The molecule has 3 N–H and O–H groups in total. The lowest BCUT2D eigenvalue weighted by Crippen LogP contribution is -2.54. The molecular weight excluding hydrogens is 218 g/mol. The zero-order valence-corrected chi connectivity index (χ0v) is 10.7. The van der Waals surface area contributed by atoms with Gasteiger partial charge in [-0.25, -0.2) is 0 Å². The first kappa shape index (κ1) is 12.8. The molecule has 2 aliphatic rings. The molecule has 0 aromatic heterocycles. The van der Waals surface area contributed by atoms with E-state index in [9.17, 15) is 4.79 Å². The van der Waals surface area contributed by atoms with Crippen molar-refractivity contribution in [1.29, 1.82) is 0 Å². The van der Waals surface area contributed by atoms with Crippen LogP contribution in [0.4, 0.5) is 0 Å². The van der Waals surface area contributed by atoms with Gasteiger partial charge in [0.1, 0.15) is 0 Å². The second kappa shape index (κ2) is 5.33. The standard InChI is InChI=1S/C12H23N3O2/c1-8(2)14-11(12(13)16)7-15-5-9-3-4-10(6-15)17-9/h8-11,14H,3-7H2,1-2H3,(H2,13,16). The Hall–Kier alpha value is -0.650. The van der Waals surface area contributed by atoms with Crippen molar-refractivity contribution in [1.82, 2.24) is 10.2 Å². The molecule has 0 aromatic carbocycles. The van der Waals surface area contributed by atoms with Crippen molar-refractivity contribution in [2.75, 3.05) is 19.6 Å². The Morgan fingerprint density at radius 2 is 2.00 bits per heavy atom. The fourth-order valence-corrected chi connectivity index (χ4v) is 2.73. The molecule has 1 amide bonds. The van der Waals surface area contributed by atoms with E-state index in [0.717, 1.165) is 25.9 Å². The number of hydrogen-bond acceptors (Lipinski definition) is 4. The number of amides is 1. The molecule has 0 aliphatic carbocycles. The Balaban J connectivity index is 1.87. The number of hydrogen-bond donors (Lipinski definition) is 2. The predicted molar refractivity (Wildman–Crippen MR) is 65.6 cm³/mol. The lowest BCUT2D eigenvalue weighted by atomic mass is 10.2. The zero-order chi connectivity index (χ0) is 12.4. The second-order valence-corrected chi connectivity index (χ2v) is 5.45. The van der Waals surface area contributed by atoms with E-state index in [0.29, 0.717) is 18.8 Å². The molecule has 2 aliphatic heterocycles. The van der Waals surface area contributed by atoms with Crippen LogP contribution in [-0.2, 0) is 9.53 Å². The third-order valence-electron chi connectivity index (χ3n) is 3.44. The largest absolute Gasteiger partial charge is 0.372 e. The van der Waals surface area contributed by atoms with Gasteiger partial charge in [0.15, 0.2) is 0 Å². The number of fused-ring (bicyclic) bond motifs is 2. The van der Waals surface area contributed by atoms with E-state index >= 15 is 0 Å². The van der Waals surface area contributed by atoms with E-state index in [-0.39, 0.29) is 18.0 Å². The maximum Gasteiger partial charge on any atom is 0.235 e. The van der Waals surface area contributed by atoms with E-state index in [2.05, 4.69) is 10.2 Å². The average Bonchev–Trinajstić information content (AvgIpc) is 2.56. The molecule has 2 heterocycles. The van der Waals surface area contributed by atoms with Crippen LogP contribution in [-0.4, -0.2) is 54.7 Å². The van der Waals surface area contributed by atoms with Gasteiger partial charge in [-0.15, -0.1) is 0 Å². The summed E-state index contributed by atoms with van der Waals surface area (Å²) in [6, 6.07) is 0.0118. The van der Waals surface area contributed by atoms with Gasteiger partial charge in [-0.05, 0) is 12.8 Å². The van der Waals surface area contributed by atoms with E-state index in [1.807, 2.05) is 13.8 Å². The molecule has 0 saturated carbocycles. The number of rotatable bonds is 5. The van der Waals surface area contributed by atoms with Crippen molar-refractivity contribution < 1.29 is 9.53 Å². The van der Waals surface area contributed by atoms with Crippen molar-refractivity contribution in [2.24, 2.45) is 5.73 Å². The van der Waals surface area contributed by atoms with Crippen LogP contribution in [0.3, 0.4) is 0 Å². The Bertz CT molecular complexity index is 271. The normalized spacial score (nSPS) is 30.8. The van der Waals surface area contributed by atoms with Crippen LogP contribution in [0.1, 0.15) is 26.7 Å². The van der Waals surface area contributed by atoms with Crippen molar-refractivity contribution in [3.8, 4) is 0 Å². The third-order valence-corrected chi connectivity index (χ3v) is 3.44. The number of nitrogens with zero attached hydrogens (tertiary/aromatic N) is 1. The molecule has 0 spiro atoms. The maximum atomic E-state index is 11.4. The van der Waals surface area contributed by atoms with Gasteiger partial charge in [0.25, 0.3) is 0 Å². The first-order valence-corrected chi connectivity index (χ1v) is 6.47. The fraction of sp³-hybridized carbons (Fsp3) is 0.917. The summed E-state index contributed by atoms with van der Waals surface area (Å²) in [6.07, 6.45) is 3.03. The Morgan fingerprint density at radius 3 is 2.47 bits per heavy atom. The second-order valence-electron chi connectivity index (χ2n) is 5.45. The lowest BCUT2D eigenvalue weighted by molar-refractivity contribution is -0.121. The summed E-state index contributed by atoms with van der Waals surface area (Å²) in [5, 5.41) is 3.22. The van der Waals surface area contributed by atoms with Gasteiger partial charge in [0, 0.05) is 25.7 Å². The van der Waals surface area contributed by atoms with Gasteiger partial charge >= 0.3 is 0 Å². The van der Waals surface area contributed by atoms with Gasteiger partial charge in [0.05, 0.1) is 18.2 Å². The predicted octanol–water partition coefficient (Wildman–Crippen LogP) is -0.298. The Morgan fingerprint density at radius 1 is 1.41 bits per heavy atom. The van der Waals surface area contributed by atoms with E-state index in [1.54, 1.807) is 0 Å². The van der Waals surface area contributed by atoms with Gasteiger partial charge in [-0.1, -0.05) is 13.8 Å². The minimum absolute atomic E-state index is 0.257. The number of likely N-dealkylation sites (tertiary alicyclic amines) is 1. The highest BCUT2D eigenvalue weighted by Gasteiger charge is 2.35. The van der Waals surface area contributed by atoms with Crippen LogP contribution in [0.25, 0.3) is 0 Å². The van der Waals surface area contributed by atoms with E-state index < -0.39 is 0 Å². The summed E-state index contributed by atoms with van der Waals surface area (Å²) in [7, 11) is 0. The molecule has 5 heteroatoms. The number of nitrogens with one attached hydrogen (secondary N) is 1. The summed E-state index contributed by atoms with van der Waals surface area (Å²) in [5.41, 5.74) is 5.43. The summed E-state index contributed by atoms with van der Waals surface area (Å²) in [4.78, 5) is 13.7. The molecule has 2 rings (SSSR count). The monoisotopic (exact) mass is 241 g/mol. The van der Waals surface area contributed by atoms with Crippen molar-refractivity contribution in [2.45, 2.75) is 51.0 Å². The molecule has 17 heavy (non-hydrogen) atoms. The van der Waals surface area contributed by atoms with Crippen molar-refractivity contribution >= 4 is 5.91 Å². The number of morpholine rings is 1. The van der Waals surface area contributed by atoms with Gasteiger partial charge in [-0.2, -0.15) is 0 Å². The quantitative estimate of drug-likeness (QED) is 0.693. The van der Waals surface area contributed by atoms with Crippen LogP contribution >= 0.6 is 0 Å². The van der Waals surface area contributed by atoms with Crippen LogP contribution in [0, 0.1) is 0 Å². The highest BCUT2D eigenvalue weighted by atomic mass is 16.5. The van der Waals surface area contributed by atoms with Crippen LogP contribution in [0.15, 0.2) is 0 Å². The summed E-state index contributed by atoms with van der Waals surface area (Å²) < 4.78 is 5.77. The average molecular weight is 241 g/mol. The van der Waals surface area contributed by atoms with Crippen LogP contribution < -0.4 is 11.1 Å². The molecule has 2 saturated heterocycles.